The van der Waals surface area contributed by atoms with E-state index < -0.39 is 0 Å². The van der Waals surface area contributed by atoms with Crippen molar-refractivity contribution in [1.29, 1.82) is 0 Å². The average molecular weight is 303 g/mol. The molecule has 1 aliphatic carbocycles. The van der Waals surface area contributed by atoms with Gasteiger partial charge in [-0.25, -0.2) is 4.98 Å². The predicted molar refractivity (Wildman–Crippen MR) is 80.9 cm³/mol. The number of anilines is 1. The van der Waals surface area contributed by atoms with Crippen LogP contribution in [0.3, 0.4) is 0 Å². The van der Waals surface area contributed by atoms with E-state index in [0.717, 1.165) is 35.0 Å². The summed E-state index contributed by atoms with van der Waals surface area (Å²) in [6.07, 6.45) is 4.08. The van der Waals surface area contributed by atoms with E-state index in [1.807, 2.05) is 24.3 Å². The zero-order chi connectivity index (χ0) is 14.7. The van der Waals surface area contributed by atoms with Gasteiger partial charge >= 0.3 is 0 Å². The molecule has 1 heterocycles. The zero-order valence-electron chi connectivity index (χ0n) is 11.5. The summed E-state index contributed by atoms with van der Waals surface area (Å²) in [6, 6.07) is 7.85. The van der Waals surface area contributed by atoms with Crippen LogP contribution in [-0.4, -0.2) is 27.1 Å². The molecule has 1 aliphatic rings. The number of aromatic amines is 1. The number of carbonyl (C=O) groups excluding carboxylic acids is 1. The Morgan fingerprint density at radius 2 is 2.14 bits per heavy atom. The highest BCUT2D eigenvalue weighted by Crippen LogP contribution is 2.27. The standard InChI is InChI=1S/C14H17N5OS/c15-10-2-1-9(7-10)13(20)18-11-3-5-12(6-4-11)21-14-16-8-17-19-14/h3-6,8-10H,1-2,7,15H2,(H,18,20)(H,16,17,19). The van der Waals surface area contributed by atoms with Crippen LogP contribution in [-0.2, 0) is 4.79 Å². The van der Waals surface area contributed by atoms with Crippen LogP contribution in [0.15, 0.2) is 40.6 Å². The van der Waals surface area contributed by atoms with Gasteiger partial charge in [-0.3, -0.25) is 9.89 Å². The number of hydrogen-bond acceptors (Lipinski definition) is 5. The second kappa shape index (κ2) is 6.28. The number of rotatable bonds is 4. The molecular formula is C14H17N5OS. The molecule has 2 aromatic rings. The lowest BCUT2D eigenvalue weighted by molar-refractivity contribution is -0.119. The van der Waals surface area contributed by atoms with E-state index in [2.05, 4.69) is 20.5 Å². The van der Waals surface area contributed by atoms with Crippen molar-refractivity contribution in [3.05, 3.63) is 30.6 Å². The second-order valence-electron chi connectivity index (χ2n) is 5.18. The Morgan fingerprint density at radius 1 is 1.33 bits per heavy atom. The molecule has 1 aromatic carbocycles. The van der Waals surface area contributed by atoms with Gasteiger partial charge < -0.3 is 11.1 Å². The minimum absolute atomic E-state index is 0.0447. The number of aromatic nitrogens is 3. The Hall–Kier alpha value is -1.86. The minimum atomic E-state index is 0.0447. The molecule has 4 N–H and O–H groups in total. The molecule has 0 saturated heterocycles. The maximum atomic E-state index is 12.1. The van der Waals surface area contributed by atoms with Crippen molar-refractivity contribution in [3.8, 4) is 0 Å². The topological polar surface area (TPSA) is 96.7 Å². The Kier molecular flexibility index (Phi) is 4.21. The Morgan fingerprint density at radius 3 is 2.76 bits per heavy atom. The fourth-order valence-corrected chi connectivity index (χ4v) is 3.15. The summed E-state index contributed by atoms with van der Waals surface area (Å²) in [5.41, 5.74) is 6.65. The molecule has 21 heavy (non-hydrogen) atoms. The van der Waals surface area contributed by atoms with Gasteiger partial charge in [0.25, 0.3) is 0 Å². The molecule has 0 aliphatic heterocycles. The number of nitrogens with one attached hydrogen (secondary N) is 2. The highest BCUT2D eigenvalue weighted by atomic mass is 32.2. The maximum absolute atomic E-state index is 12.1. The van der Waals surface area contributed by atoms with Gasteiger partial charge in [0.1, 0.15) is 6.33 Å². The lowest BCUT2D eigenvalue weighted by Gasteiger charge is -2.11. The fourth-order valence-electron chi connectivity index (χ4n) is 2.46. The number of nitrogens with zero attached hydrogens (tertiary/aromatic N) is 2. The summed E-state index contributed by atoms with van der Waals surface area (Å²) in [6.45, 7) is 0. The molecule has 0 radical (unpaired) electrons. The van der Waals surface area contributed by atoms with E-state index in [1.165, 1.54) is 18.1 Å². The van der Waals surface area contributed by atoms with Gasteiger partial charge in [-0.15, -0.1) is 0 Å². The number of hydrogen-bond donors (Lipinski definition) is 3. The molecule has 0 spiro atoms. The Balaban J connectivity index is 1.58. The molecule has 1 amide bonds. The molecular weight excluding hydrogens is 286 g/mol. The first-order valence-corrected chi connectivity index (χ1v) is 7.72. The summed E-state index contributed by atoms with van der Waals surface area (Å²) in [7, 11) is 0. The lowest BCUT2D eigenvalue weighted by atomic mass is 10.1. The van der Waals surface area contributed by atoms with E-state index in [0.29, 0.717) is 0 Å². The highest BCUT2D eigenvalue weighted by Gasteiger charge is 2.27. The van der Waals surface area contributed by atoms with Gasteiger partial charge in [-0.1, -0.05) is 11.8 Å². The van der Waals surface area contributed by atoms with Crippen LogP contribution in [0.2, 0.25) is 0 Å². The lowest BCUT2D eigenvalue weighted by Crippen LogP contribution is -2.23. The largest absolute Gasteiger partial charge is 0.328 e. The third kappa shape index (κ3) is 3.62. The molecule has 0 bridgehead atoms. The molecule has 6 nitrogen and oxygen atoms in total. The summed E-state index contributed by atoms with van der Waals surface area (Å²) >= 11 is 1.49. The highest BCUT2D eigenvalue weighted by molar-refractivity contribution is 7.99. The average Bonchev–Trinajstić information content (AvgIpc) is 3.12. The van der Waals surface area contributed by atoms with Gasteiger partial charge in [-0.05, 0) is 43.5 Å². The van der Waals surface area contributed by atoms with Gasteiger partial charge in [0.15, 0.2) is 5.16 Å². The van der Waals surface area contributed by atoms with E-state index in [4.69, 9.17) is 5.73 Å². The van der Waals surface area contributed by atoms with Gasteiger partial charge in [0, 0.05) is 22.5 Å². The smallest absolute Gasteiger partial charge is 0.227 e. The fraction of sp³-hybridized carbons (Fsp3) is 0.357. The van der Waals surface area contributed by atoms with Gasteiger partial charge in [0.2, 0.25) is 5.91 Å². The van der Waals surface area contributed by atoms with Crippen molar-refractivity contribution in [2.24, 2.45) is 11.7 Å². The molecule has 1 aromatic heterocycles. The van der Waals surface area contributed by atoms with E-state index in [1.54, 1.807) is 0 Å². The maximum Gasteiger partial charge on any atom is 0.227 e. The van der Waals surface area contributed by atoms with Crippen LogP contribution in [0.5, 0.6) is 0 Å². The number of amides is 1. The van der Waals surface area contributed by atoms with Gasteiger partial charge in [-0.2, -0.15) is 5.10 Å². The molecule has 2 unspecified atom stereocenters. The summed E-state index contributed by atoms with van der Waals surface area (Å²) in [5, 5.41) is 10.3. The van der Waals surface area contributed by atoms with Crippen molar-refractivity contribution in [1.82, 2.24) is 15.2 Å². The predicted octanol–water partition coefficient (Wildman–Crippen LogP) is 2.02. The zero-order valence-corrected chi connectivity index (χ0v) is 12.3. The van der Waals surface area contributed by atoms with E-state index in [9.17, 15) is 4.79 Å². The normalized spacial score (nSPS) is 21.4. The van der Waals surface area contributed by atoms with Crippen LogP contribution >= 0.6 is 11.8 Å². The van der Waals surface area contributed by atoms with Crippen molar-refractivity contribution < 1.29 is 4.79 Å². The number of nitrogens with two attached hydrogens (primary N) is 1. The third-order valence-corrected chi connectivity index (χ3v) is 4.47. The molecule has 1 fully saturated rings. The molecule has 7 heteroatoms. The first kappa shape index (κ1) is 14.1. The first-order valence-electron chi connectivity index (χ1n) is 6.90. The summed E-state index contributed by atoms with van der Waals surface area (Å²) in [4.78, 5) is 17.2. The van der Waals surface area contributed by atoms with Crippen LogP contribution in [0.25, 0.3) is 0 Å². The Labute approximate surface area is 126 Å². The van der Waals surface area contributed by atoms with Crippen molar-refractivity contribution >= 4 is 23.4 Å². The van der Waals surface area contributed by atoms with Crippen LogP contribution in [0, 0.1) is 5.92 Å². The van der Waals surface area contributed by atoms with Crippen LogP contribution < -0.4 is 11.1 Å². The van der Waals surface area contributed by atoms with E-state index in [-0.39, 0.29) is 17.9 Å². The van der Waals surface area contributed by atoms with E-state index >= 15 is 0 Å². The summed E-state index contributed by atoms with van der Waals surface area (Å²) < 4.78 is 0. The Bertz CT molecular complexity index is 598. The molecule has 3 rings (SSSR count). The second-order valence-corrected chi connectivity index (χ2v) is 6.24. The number of H-pyrrole nitrogens is 1. The quantitative estimate of drug-likeness (QED) is 0.803. The van der Waals surface area contributed by atoms with Gasteiger partial charge in [0.05, 0.1) is 0 Å². The summed E-state index contributed by atoms with van der Waals surface area (Å²) in [5.74, 6) is 0.113. The molecule has 1 saturated carbocycles. The van der Waals surface area contributed by atoms with Crippen molar-refractivity contribution in [2.45, 2.75) is 35.4 Å². The molecule has 2 atom stereocenters. The first-order chi connectivity index (χ1) is 10.2. The number of benzene rings is 1. The SMILES string of the molecule is NC1CCC(C(=O)Nc2ccc(Sc3ncn[nH]3)cc2)C1. The monoisotopic (exact) mass is 303 g/mol. The van der Waals surface area contributed by atoms with Crippen molar-refractivity contribution in [3.63, 3.8) is 0 Å². The third-order valence-electron chi connectivity index (χ3n) is 3.57. The van der Waals surface area contributed by atoms with Crippen LogP contribution in [0.4, 0.5) is 5.69 Å². The van der Waals surface area contributed by atoms with Crippen molar-refractivity contribution in [2.75, 3.05) is 5.32 Å². The van der Waals surface area contributed by atoms with Crippen LogP contribution in [0.1, 0.15) is 19.3 Å². The molecule has 110 valence electrons. The number of carbonyl (C=O) groups is 1. The minimum Gasteiger partial charge on any atom is -0.328 e.